The minimum Gasteiger partial charge on any atom is -0.257 e. The highest BCUT2D eigenvalue weighted by atomic mass is 32.2. The fourth-order valence-corrected chi connectivity index (χ4v) is 4.58. The minimum atomic E-state index is -3.07. The molecule has 23 heavy (non-hydrogen) atoms. The number of hydrogen-bond acceptors (Lipinski definition) is 6. The first-order valence-electron chi connectivity index (χ1n) is 7.61. The van der Waals surface area contributed by atoms with E-state index < -0.39 is 10.0 Å². The Morgan fingerprint density at radius 3 is 2.52 bits per heavy atom. The van der Waals surface area contributed by atoms with E-state index in [1.54, 1.807) is 28.0 Å². The zero-order valence-electron chi connectivity index (χ0n) is 13.3. The summed E-state index contributed by atoms with van der Waals surface area (Å²) in [5, 5.41) is 1.01. The van der Waals surface area contributed by atoms with Gasteiger partial charge in [-0.3, -0.25) is 9.97 Å². The van der Waals surface area contributed by atoms with E-state index in [1.165, 1.54) is 6.26 Å². The third kappa shape index (κ3) is 3.94. The van der Waals surface area contributed by atoms with Crippen molar-refractivity contribution in [3.05, 3.63) is 29.3 Å². The second kappa shape index (κ2) is 6.62. The lowest BCUT2D eigenvalue weighted by Crippen LogP contribution is -2.38. The number of nitrogens with zero attached hydrogens (tertiary/aromatic N) is 4. The quantitative estimate of drug-likeness (QED) is 0.842. The molecule has 1 aliphatic heterocycles. The third-order valence-corrected chi connectivity index (χ3v) is 6.38. The van der Waals surface area contributed by atoms with Crippen LogP contribution in [0.5, 0.6) is 0 Å². The Kier molecular flexibility index (Phi) is 4.74. The molecule has 3 heterocycles. The number of sulfonamides is 1. The van der Waals surface area contributed by atoms with Crippen LogP contribution in [0.3, 0.4) is 0 Å². The number of thiazole rings is 1. The van der Waals surface area contributed by atoms with Crippen LogP contribution < -0.4 is 0 Å². The Morgan fingerprint density at radius 1 is 1.22 bits per heavy atom. The normalized spacial score (nSPS) is 17.5. The lowest BCUT2D eigenvalue weighted by atomic mass is 9.92. The zero-order chi connectivity index (χ0) is 16.4. The van der Waals surface area contributed by atoms with E-state index in [1.807, 2.05) is 13.1 Å². The van der Waals surface area contributed by atoms with E-state index in [-0.39, 0.29) is 0 Å². The van der Waals surface area contributed by atoms with Gasteiger partial charge < -0.3 is 0 Å². The average molecular weight is 352 g/mol. The van der Waals surface area contributed by atoms with Gasteiger partial charge in [-0.25, -0.2) is 17.7 Å². The van der Waals surface area contributed by atoms with Gasteiger partial charge in [0.15, 0.2) is 0 Å². The van der Waals surface area contributed by atoms with E-state index in [9.17, 15) is 8.42 Å². The van der Waals surface area contributed by atoms with Crippen molar-refractivity contribution in [1.29, 1.82) is 0 Å². The summed E-state index contributed by atoms with van der Waals surface area (Å²) in [6, 6.07) is 0. The fraction of sp³-hybridized carbons (Fsp3) is 0.533. The van der Waals surface area contributed by atoms with Crippen LogP contribution in [-0.4, -0.2) is 47.0 Å². The predicted octanol–water partition coefficient (Wildman–Crippen LogP) is 2.12. The lowest BCUT2D eigenvalue weighted by molar-refractivity contribution is 0.273. The molecule has 0 N–H and O–H groups in total. The van der Waals surface area contributed by atoms with Gasteiger partial charge in [0.1, 0.15) is 5.69 Å². The summed E-state index contributed by atoms with van der Waals surface area (Å²) in [5.41, 5.74) is 1.89. The standard InChI is InChI=1S/C15H20N4O2S2/c1-11-18-10-14(22-11)15-13(16-5-6-17-15)9-12-3-7-19(8-4-12)23(2,20)21/h5-6,10,12H,3-4,7-9H2,1-2H3. The Balaban J connectivity index is 1.72. The van der Waals surface area contributed by atoms with Crippen LogP contribution in [0.4, 0.5) is 0 Å². The molecule has 0 radical (unpaired) electrons. The smallest absolute Gasteiger partial charge is 0.211 e. The molecule has 0 unspecified atom stereocenters. The van der Waals surface area contributed by atoms with E-state index in [0.29, 0.717) is 19.0 Å². The maximum absolute atomic E-state index is 11.6. The van der Waals surface area contributed by atoms with Gasteiger partial charge in [-0.2, -0.15) is 0 Å². The molecule has 6 nitrogen and oxygen atoms in total. The molecule has 0 aromatic carbocycles. The topological polar surface area (TPSA) is 76.1 Å². The van der Waals surface area contributed by atoms with Crippen LogP contribution in [0.15, 0.2) is 18.6 Å². The van der Waals surface area contributed by atoms with Gasteiger partial charge in [0.25, 0.3) is 0 Å². The van der Waals surface area contributed by atoms with Gasteiger partial charge in [0, 0.05) is 31.7 Å². The number of rotatable bonds is 4. The molecule has 3 rings (SSSR count). The Hall–Kier alpha value is -1.38. The van der Waals surface area contributed by atoms with Crippen LogP contribution >= 0.6 is 11.3 Å². The summed E-state index contributed by atoms with van der Waals surface area (Å²) in [6.07, 6.45) is 9.12. The van der Waals surface area contributed by atoms with Gasteiger partial charge >= 0.3 is 0 Å². The van der Waals surface area contributed by atoms with Crippen molar-refractivity contribution in [2.75, 3.05) is 19.3 Å². The first kappa shape index (κ1) is 16.5. The van der Waals surface area contributed by atoms with Crippen LogP contribution in [0, 0.1) is 12.8 Å². The van der Waals surface area contributed by atoms with Gasteiger partial charge in [-0.15, -0.1) is 11.3 Å². The molecule has 0 atom stereocenters. The molecular weight excluding hydrogens is 332 g/mol. The van der Waals surface area contributed by atoms with E-state index in [4.69, 9.17) is 0 Å². The van der Waals surface area contributed by atoms with Crippen LogP contribution in [0.2, 0.25) is 0 Å². The highest BCUT2D eigenvalue weighted by Crippen LogP contribution is 2.29. The summed E-state index contributed by atoms with van der Waals surface area (Å²) in [7, 11) is -3.07. The SMILES string of the molecule is Cc1ncc(-c2nccnc2CC2CCN(S(C)(=O)=O)CC2)s1. The first-order chi connectivity index (χ1) is 10.9. The summed E-state index contributed by atoms with van der Waals surface area (Å²) < 4.78 is 24.7. The highest BCUT2D eigenvalue weighted by Gasteiger charge is 2.26. The van der Waals surface area contributed by atoms with Crippen molar-refractivity contribution in [3.8, 4) is 10.6 Å². The Labute approximate surface area is 140 Å². The molecule has 1 fully saturated rings. The maximum atomic E-state index is 11.6. The fourth-order valence-electron chi connectivity index (χ4n) is 2.91. The molecule has 2 aromatic heterocycles. The molecular formula is C15H20N4O2S2. The monoisotopic (exact) mass is 352 g/mol. The molecule has 0 amide bonds. The van der Waals surface area contributed by atoms with Crippen LogP contribution in [0.25, 0.3) is 10.6 Å². The van der Waals surface area contributed by atoms with Crippen molar-refractivity contribution < 1.29 is 8.42 Å². The second-order valence-electron chi connectivity index (χ2n) is 5.90. The summed E-state index contributed by atoms with van der Waals surface area (Å²) in [6.45, 7) is 3.17. The lowest BCUT2D eigenvalue weighted by Gasteiger charge is -2.30. The third-order valence-electron chi connectivity index (χ3n) is 4.15. The van der Waals surface area contributed by atoms with E-state index in [0.717, 1.165) is 40.5 Å². The Bertz CT molecular complexity index is 780. The van der Waals surface area contributed by atoms with Crippen molar-refractivity contribution in [3.63, 3.8) is 0 Å². The predicted molar refractivity (Wildman–Crippen MR) is 90.7 cm³/mol. The van der Waals surface area contributed by atoms with Crippen molar-refractivity contribution >= 4 is 21.4 Å². The van der Waals surface area contributed by atoms with Gasteiger partial charge in [-0.1, -0.05) is 0 Å². The summed E-state index contributed by atoms with van der Waals surface area (Å²) in [4.78, 5) is 14.3. The molecule has 1 saturated heterocycles. The first-order valence-corrected chi connectivity index (χ1v) is 10.3. The highest BCUT2D eigenvalue weighted by molar-refractivity contribution is 7.88. The number of hydrogen-bond donors (Lipinski definition) is 0. The van der Waals surface area contributed by atoms with Crippen LogP contribution in [-0.2, 0) is 16.4 Å². The van der Waals surface area contributed by atoms with Crippen molar-refractivity contribution in [1.82, 2.24) is 19.3 Å². The summed E-state index contributed by atoms with van der Waals surface area (Å²) >= 11 is 1.62. The van der Waals surface area contributed by atoms with Crippen molar-refractivity contribution in [2.24, 2.45) is 5.92 Å². The number of piperidine rings is 1. The molecule has 0 saturated carbocycles. The van der Waals surface area contributed by atoms with E-state index >= 15 is 0 Å². The van der Waals surface area contributed by atoms with Gasteiger partial charge in [0.2, 0.25) is 10.0 Å². The maximum Gasteiger partial charge on any atom is 0.211 e. The summed E-state index contributed by atoms with van der Waals surface area (Å²) in [5.74, 6) is 0.442. The van der Waals surface area contributed by atoms with Crippen molar-refractivity contribution in [2.45, 2.75) is 26.2 Å². The second-order valence-corrected chi connectivity index (χ2v) is 9.12. The zero-order valence-corrected chi connectivity index (χ0v) is 14.9. The largest absolute Gasteiger partial charge is 0.257 e. The molecule has 0 spiro atoms. The minimum absolute atomic E-state index is 0.442. The van der Waals surface area contributed by atoms with E-state index in [2.05, 4.69) is 15.0 Å². The average Bonchev–Trinajstić information content (AvgIpc) is 2.94. The number of aryl methyl sites for hydroxylation is 1. The number of aromatic nitrogens is 3. The molecule has 0 bridgehead atoms. The molecule has 2 aromatic rings. The molecule has 124 valence electrons. The molecule has 1 aliphatic rings. The Morgan fingerprint density at radius 2 is 1.91 bits per heavy atom. The van der Waals surface area contributed by atoms with Gasteiger partial charge in [-0.05, 0) is 32.1 Å². The molecule has 8 heteroatoms. The van der Waals surface area contributed by atoms with Crippen LogP contribution in [0.1, 0.15) is 23.5 Å². The molecule has 0 aliphatic carbocycles. The van der Waals surface area contributed by atoms with Gasteiger partial charge in [0.05, 0.1) is 21.8 Å².